The number of hydrogen-bond donors (Lipinski definition) is 1. The SMILES string of the molecule is O=C(O)c1cc(SCc2cccc(C(F)(F)F)c2)cc(S(=O)(=O)C(F)(F)F)c1. The van der Waals surface area contributed by atoms with Crippen LogP contribution in [0.1, 0.15) is 21.5 Å². The Labute approximate surface area is 159 Å². The number of rotatable bonds is 5. The van der Waals surface area contributed by atoms with Crippen molar-refractivity contribution in [2.24, 2.45) is 0 Å². The summed E-state index contributed by atoms with van der Waals surface area (Å²) in [4.78, 5) is 9.69. The lowest BCUT2D eigenvalue weighted by Crippen LogP contribution is -2.23. The quantitative estimate of drug-likeness (QED) is 0.520. The number of carbonyl (C=O) groups is 1. The molecule has 0 radical (unpaired) electrons. The molecule has 0 fully saturated rings. The molecule has 0 spiro atoms. The number of thioether (sulfide) groups is 1. The minimum Gasteiger partial charge on any atom is -0.478 e. The van der Waals surface area contributed by atoms with Crippen molar-refractivity contribution in [3.05, 3.63) is 59.2 Å². The predicted octanol–water partition coefficient (Wildman–Crippen LogP) is 4.99. The summed E-state index contributed by atoms with van der Waals surface area (Å²) in [6.07, 6.45) is -4.59. The van der Waals surface area contributed by atoms with E-state index in [-0.39, 0.29) is 16.2 Å². The number of benzene rings is 2. The van der Waals surface area contributed by atoms with Gasteiger partial charge in [0.1, 0.15) is 0 Å². The molecular formula is C16H10F6O4S2. The van der Waals surface area contributed by atoms with E-state index in [1.807, 2.05) is 0 Å². The first-order chi connectivity index (χ1) is 12.7. The van der Waals surface area contributed by atoms with Crippen LogP contribution in [0.25, 0.3) is 0 Å². The summed E-state index contributed by atoms with van der Waals surface area (Å²) in [5, 5.41) is 9.00. The second kappa shape index (κ2) is 7.66. The first-order valence-corrected chi connectivity index (χ1v) is 9.67. The average Bonchev–Trinajstić information content (AvgIpc) is 2.58. The van der Waals surface area contributed by atoms with Crippen LogP contribution in [0.5, 0.6) is 0 Å². The Morgan fingerprint density at radius 3 is 2.18 bits per heavy atom. The zero-order chi connectivity index (χ0) is 21.3. The van der Waals surface area contributed by atoms with E-state index in [1.54, 1.807) is 0 Å². The Morgan fingerprint density at radius 1 is 1.00 bits per heavy atom. The molecule has 0 aliphatic heterocycles. The average molecular weight is 444 g/mol. The summed E-state index contributed by atoms with van der Waals surface area (Å²) in [6, 6.07) is 6.11. The van der Waals surface area contributed by atoms with Gasteiger partial charge >= 0.3 is 17.7 Å². The molecular weight excluding hydrogens is 434 g/mol. The fourth-order valence-electron chi connectivity index (χ4n) is 2.07. The Kier molecular flexibility index (Phi) is 6.04. The lowest BCUT2D eigenvalue weighted by Gasteiger charge is -2.11. The lowest BCUT2D eigenvalue weighted by molar-refractivity contribution is -0.137. The molecule has 1 N–H and O–H groups in total. The standard InChI is InChI=1S/C16H10F6O4S2/c17-15(18,19)11-3-1-2-9(4-11)8-27-12-5-10(14(23)24)6-13(7-12)28(25,26)16(20,21)22/h1-7H,8H2,(H,23,24). The maximum Gasteiger partial charge on any atom is 0.501 e. The maximum atomic E-state index is 12.7. The number of carboxylic acid groups (broad SMARTS) is 1. The first-order valence-electron chi connectivity index (χ1n) is 7.20. The Bertz CT molecular complexity index is 997. The van der Waals surface area contributed by atoms with E-state index >= 15 is 0 Å². The van der Waals surface area contributed by atoms with Crippen molar-refractivity contribution < 1.29 is 44.7 Å². The summed E-state index contributed by atoms with van der Waals surface area (Å²) in [7, 11) is -5.79. The third kappa shape index (κ3) is 4.98. The van der Waals surface area contributed by atoms with Crippen molar-refractivity contribution in [1.29, 1.82) is 0 Å². The molecule has 0 saturated heterocycles. The molecule has 4 nitrogen and oxygen atoms in total. The Hall–Kier alpha value is -2.21. The van der Waals surface area contributed by atoms with E-state index in [1.165, 1.54) is 6.07 Å². The summed E-state index contributed by atoms with van der Waals surface area (Å²) < 4.78 is 99.5. The summed E-state index contributed by atoms with van der Waals surface area (Å²) in [5.74, 6) is -1.81. The zero-order valence-corrected chi connectivity index (χ0v) is 15.1. The molecule has 0 heterocycles. The van der Waals surface area contributed by atoms with Gasteiger partial charge in [-0.3, -0.25) is 0 Å². The largest absolute Gasteiger partial charge is 0.501 e. The molecule has 28 heavy (non-hydrogen) atoms. The Balaban J connectivity index is 2.38. The van der Waals surface area contributed by atoms with Crippen LogP contribution in [-0.4, -0.2) is 25.0 Å². The van der Waals surface area contributed by atoms with Crippen molar-refractivity contribution in [3.8, 4) is 0 Å². The van der Waals surface area contributed by atoms with Crippen LogP contribution in [0, 0.1) is 0 Å². The third-order valence-corrected chi connectivity index (χ3v) is 5.91. The van der Waals surface area contributed by atoms with Crippen LogP contribution >= 0.6 is 11.8 Å². The molecule has 0 aliphatic rings. The highest BCUT2D eigenvalue weighted by molar-refractivity contribution is 7.98. The second-order valence-corrected chi connectivity index (χ2v) is 8.42. The van der Waals surface area contributed by atoms with Gasteiger partial charge in [0.25, 0.3) is 9.84 Å². The van der Waals surface area contributed by atoms with Gasteiger partial charge in [-0.05, 0) is 29.8 Å². The van der Waals surface area contributed by atoms with Gasteiger partial charge in [0.05, 0.1) is 16.0 Å². The molecule has 2 rings (SSSR count). The van der Waals surface area contributed by atoms with Gasteiger partial charge < -0.3 is 5.11 Å². The van der Waals surface area contributed by atoms with Crippen LogP contribution in [0.3, 0.4) is 0 Å². The molecule has 0 unspecified atom stereocenters. The van der Waals surface area contributed by atoms with Crippen molar-refractivity contribution in [1.82, 2.24) is 0 Å². The lowest BCUT2D eigenvalue weighted by atomic mass is 10.1. The summed E-state index contributed by atoms with van der Waals surface area (Å²) in [6.45, 7) is 0. The highest BCUT2D eigenvalue weighted by atomic mass is 32.2. The van der Waals surface area contributed by atoms with E-state index in [0.717, 1.165) is 24.3 Å². The third-order valence-electron chi connectivity index (χ3n) is 3.40. The van der Waals surface area contributed by atoms with Gasteiger partial charge in [0.15, 0.2) is 0 Å². The minimum atomic E-state index is -5.79. The monoisotopic (exact) mass is 444 g/mol. The topological polar surface area (TPSA) is 71.4 Å². The van der Waals surface area contributed by atoms with Gasteiger partial charge in [-0.2, -0.15) is 26.3 Å². The number of halogens is 6. The van der Waals surface area contributed by atoms with E-state index in [9.17, 15) is 39.6 Å². The van der Waals surface area contributed by atoms with Crippen molar-refractivity contribution in [3.63, 3.8) is 0 Å². The predicted molar refractivity (Wildman–Crippen MR) is 87.6 cm³/mol. The molecule has 0 saturated carbocycles. The van der Waals surface area contributed by atoms with Crippen molar-refractivity contribution >= 4 is 27.6 Å². The molecule has 12 heteroatoms. The molecule has 2 aromatic carbocycles. The van der Waals surface area contributed by atoms with E-state index in [4.69, 9.17) is 5.11 Å². The minimum absolute atomic E-state index is 0.153. The van der Waals surface area contributed by atoms with Crippen LogP contribution in [0.2, 0.25) is 0 Å². The van der Waals surface area contributed by atoms with Gasteiger partial charge in [-0.25, -0.2) is 13.2 Å². The second-order valence-electron chi connectivity index (χ2n) is 5.43. The number of carboxylic acids is 1. The van der Waals surface area contributed by atoms with Crippen molar-refractivity contribution in [2.45, 2.75) is 27.2 Å². The molecule has 0 atom stereocenters. The first kappa shape index (κ1) is 22.1. The van der Waals surface area contributed by atoms with Gasteiger partial charge in [-0.15, -0.1) is 11.8 Å². The van der Waals surface area contributed by atoms with Gasteiger partial charge in [0, 0.05) is 10.6 Å². The van der Waals surface area contributed by atoms with Crippen molar-refractivity contribution in [2.75, 3.05) is 0 Å². The maximum absolute atomic E-state index is 12.7. The smallest absolute Gasteiger partial charge is 0.478 e. The molecule has 0 aliphatic carbocycles. The highest BCUT2D eigenvalue weighted by Crippen LogP contribution is 2.35. The Morgan fingerprint density at radius 2 is 1.64 bits per heavy atom. The number of alkyl halides is 6. The molecule has 2 aromatic rings. The molecule has 0 amide bonds. The number of hydrogen-bond acceptors (Lipinski definition) is 4. The summed E-state index contributed by atoms with van der Waals surface area (Å²) in [5.41, 5.74) is -7.09. The van der Waals surface area contributed by atoms with Crippen LogP contribution in [0.4, 0.5) is 26.3 Å². The van der Waals surface area contributed by atoms with Gasteiger partial charge in [-0.1, -0.05) is 18.2 Å². The fourth-order valence-corrected chi connectivity index (χ4v) is 3.91. The normalized spacial score (nSPS) is 12.8. The molecule has 0 aromatic heterocycles. The van der Waals surface area contributed by atoms with Crippen LogP contribution in [0.15, 0.2) is 52.3 Å². The van der Waals surface area contributed by atoms with Crippen LogP contribution in [-0.2, 0) is 21.8 Å². The number of aromatic carboxylic acids is 1. The zero-order valence-electron chi connectivity index (χ0n) is 13.5. The van der Waals surface area contributed by atoms with Crippen LogP contribution < -0.4 is 0 Å². The number of sulfone groups is 1. The molecule has 0 bridgehead atoms. The van der Waals surface area contributed by atoms with E-state index in [0.29, 0.717) is 23.9 Å². The van der Waals surface area contributed by atoms with Gasteiger partial charge in [0.2, 0.25) is 0 Å². The summed E-state index contributed by atoms with van der Waals surface area (Å²) >= 11 is 0.703. The molecule has 152 valence electrons. The van der Waals surface area contributed by atoms with E-state index in [2.05, 4.69) is 0 Å². The highest BCUT2D eigenvalue weighted by Gasteiger charge is 2.47. The van der Waals surface area contributed by atoms with E-state index < -0.39 is 43.5 Å². The fraction of sp³-hybridized carbons (Fsp3) is 0.188.